The number of ketones is 1. The number of Topliss-reactive ketones (excluding diaryl/α,β-unsaturated/α-hetero) is 1. The van der Waals surface area contributed by atoms with E-state index in [1.165, 1.54) is 0 Å². The van der Waals surface area contributed by atoms with Gasteiger partial charge in [0.1, 0.15) is 0 Å². The summed E-state index contributed by atoms with van der Waals surface area (Å²) in [6.45, 7) is 0.170. The smallest absolute Gasteiger partial charge is 0.273 e. The normalized spacial score (nSPS) is 15.4. The minimum atomic E-state index is -0.366. The fourth-order valence-corrected chi connectivity index (χ4v) is 5.27. The van der Waals surface area contributed by atoms with Crippen LogP contribution < -0.4 is 10.4 Å². The van der Waals surface area contributed by atoms with Crippen molar-refractivity contribution in [2.75, 3.05) is 11.6 Å². The highest BCUT2D eigenvalue weighted by molar-refractivity contribution is 6.14. The number of fused-ring (bicyclic) bond motifs is 3. The molecule has 1 atom stereocenters. The first kappa shape index (κ1) is 23.1. The maximum absolute atomic E-state index is 14.0. The van der Waals surface area contributed by atoms with E-state index in [0.717, 1.165) is 27.1 Å². The van der Waals surface area contributed by atoms with Gasteiger partial charge in [0, 0.05) is 23.6 Å². The Morgan fingerprint density at radius 2 is 1.41 bits per heavy atom. The Kier molecular flexibility index (Phi) is 6.01. The molecule has 5 aromatic rings. The van der Waals surface area contributed by atoms with Crippen molar-refractivity contribution in [3.63, 3.8) is 0 Å². The number of carbonyl (C=O) groups is 2. The fourth-order valence-electron chi connectivity index (χ4n) is 5.27. The largest absolute Gasteiger partial charge is 0.392 e. The molecule has 5 heteroatoms. The van der Waals surface area contributed by atoms with E-state index in [-0.39, 0.29) is 24.2 Å². The number of anilines is 1. The van der Waals surface area contributed by atoms with Gasteiger partial charge < -0.3 is 5.11 Å². The number of hydrogen-bond acceptors (Lipinski definition) is 4. The van der Waals surface area contributed by atoms with E-state index < -0.39 is 0 Å². The van der Waals surface area contributed by atoms with Gasteiger partial charge in [0.2, 0.25) is 0 Å². The lowest BCUT2D eigenvalue weighted by molar-refractivity contribution is 0.0908. The molecule has 182 valence electrons. The number of aliphatic hydroxyl groups excluding tert-OH is 1. The van der Waals surface area contributed by atoms with Gasteiger partial charge in [-0.05, 0) is 51.2 Å². The van der Waals surface area contributed by atoms with Crippen molar-refractivity contribution in [2.24, 2.45) is 5.92 Å². The van der Waals surface area contributed by atoms with E-state index in [9.17, 15) is 14.7 Å². The molecule has 0 radical (unpaired) electrons. The Morgan fingerprint density at radius 3 is 2.11 bits per heavy atom. The molecule has 0 aliphatic carbocycles. The Balaban J connectivity index is 1.41. The summed E-state index contributed by atoms with van der Waals surface area (Å²) >= 11 is 0. The van der Waals surface area contributed by atoms with Crippen molar-refractivity contribution in [1.29, 1.82) is 0 Å². The van der Waals surface area contributed by atoms with Gasteiger partial charge in [-0.1, -0.05) is 91.0 Å². The molecule has 0 spiro atoms. The summed E-state index contributed by atoms with van der Waals surface area (Å²) in [5.41, 5.74) is 6.80. The van der Waals surface area contributed by atoms with Crippen LogP contribution in [0.4, 0.5) is 5.69 Å². The Morgan fingerprint density at radius 1 is 0.784 bits per heavy atom. The molecular formula is C32H26N2O3. The average Bonchev–Trinajstić information content (AvgIpc) is 3.15. The second-order valence-corrected chi connectivity index (χ2v) is 9.44. The van der Waals surface area contributed by atoms with E-state index in [0.29, 0.717) is 35.3 Å². The molecule has 6 rings (SSSR count). The van der Waals surface area contributed by atoms with Gasteiger partial charge in [-0.2, -0.15) is 0 Å². The maximum atomic E-state index is 14.0. The fraction of sp³-hybridized carbons (Fsp3) is 0.125. The summed E-state index contributed by atoms with van der Waals surface area (Å²) in [6, 6.07) is 32.8. The summed E-state index contributed by atoms with van der Waals surface area (Å²) in [4.78, 5) is 27.8. The van der Waals surface area contributed by atoms with Gasteiger partial charge in [0.05, 0.1) is 12.3 Å². The van der Waals surface area contributed by atoms with Crippen LogP contribution in [0.15, 0.2) is 103 Å². The van der Waals surface area contributed by atoms with E-state index in [1.54, 1.807) is 5.01 Å². The van der Waals surface area contributed by atoms with Crippen molar-refractivity contribution in [3.8, 4) is 0 Å². The number of hydrazine groups is 1. The van der Waals surface area contributed by atoms with Crippen LogP contribution in [0.5, 0.6) is 0 Å². The van der Waals surface area contributed by atoms with Gasteiger partial charge in [-0.15, -0.1) is 0 Å². The molecule has 1 aliphatic rings. The van der Waals surface area contributed by atoms with Gasteiger partial charge >= 0.3 is 0 Å². The Bertz CT molecular complexity index is 1650. The standard InChI is InChI=1S/C32H26N2O3/c35-20-21-15-16-24-18-25(31(36)28-13-5-9-22-7-1-3-11-26(22)28)19-33-34(30(24)17-21)32(37)29-14-6-10-23-8-2-4-12-27(23)29/h1-17,25,33,35H,18-20H2. The minimum Gasteiger partial charge on any atom is -0.392 e. The quantitative estimate of drug-likeness (QED) is 0.320. The monoisotopic (exact) mass is 486 g/mol. The number of amides is 1. The van der Waals surface area contributed by atoms with Crippen molar-refractivity contribution < 1.29 is 14.7 Å². The number of rotatable bonds is 4. The van der Waals surface area contributed by atoms with Crippen molar-refractivity contribution in [3.05, 3.63) is 125 Å². The van der Waals surface area contributed by atoms with Crippen LogP contribution in [0.3, 0.4) is 0 Å². The van der Waals surface area contributed by atoms with Crippen LogP contribution in [-0.2, 0) is 13.0 Å². The first-order valence-electron chi connectivity index (χ1n) is 12.4. The molecular weight excluding hydrogens is 460 g/mol. The number of carbonyl (C=O) groups excluding carboxylic acids is 2. The van der Waals surface area contributed by atoms with Crippen molar-refractivity contribution >= 4 is 38.9 Å². The van der Waals surface area contributed by atoms with Gasteiger partial charge in [0.25, 0.3) is 5.91 Å². The molecule has 1 aliphatic heterocycles. The molecule has 0 saturated carbocycles. The number of hydrogen-bond donors (Lipinski definition) is 2. The van der Waals surface area contributed by atoms with E-state index >= 15 is 0 Å². The topological polar surface area (TPSA) is 69.6 Å². The maximum Gasteiger partial charge on any atom is 0.273 e. The average molecular weight is 487 g/mol. The molecule has 5 aromatic carbocycles. The van der Waals surface area contributed by atoms with Crippen LogP contribution in [0, 0.1) is 5.92 Å². The van der Waals surface area contributed by atoms with Gasteiger partial charge in [-0.3, -0.25) is 9.59 Å². The lowest BCUT2D eigenvalue weighted by atomic mass is 9.88. The van der Waals surface area contributed by atoms with Gasteiger partial charge in [-0.25, -0.2) is 10.4 Å². The number of nitrogens with one attached hydrogen (secondary N) is 1. The Labute approximate surface area is 214 Å². The molecule has 0 aromatic heterocycles. The summed E-state index contributed by atoms with van der Waals surface area (Å²) in [5, 5.41) is 15.2. The lowest BCUT2D eigenvalue weighted by Gasteiger charge is -2.25. The number of nitrogens with zero attached hydrogens (tertiary/aromatic N) is 1. The molecule has 37 heavy (non-hydrogen) atoms. The highest BCUT2D eigenvalue weighted by Crippen LogP contribution is 2.31. The van der Waals surface area contributed by atoms with Crippen LogP contribution in [-0.4, -0.2) is 23.3 Å². The van der Waals surface area contributed by atoms with Crippen molar-refractivity contribution in [1.82, 2.24) is 5.43 Å². The first-order chi connectivity index (χ1) is 18.1. The summed E-state index contributed by atoms with van der Waals surface area (Å²) in [5.74, 6) is -0.526. The molecule has 2 N–H and O–H groups in total. The van der Waals surface area contributed by atoms with E-state index in [2.05, 4.69) is 5.43 Å². The zero-order chi connectivity index (χ0) is 25.4. The van der Waals surface area contributed by atoms with E-state index in [1.807, 2.05) is 103 Å². The molecule has 1 unspecified atom stereocenters. The SMILES string of the molecule is O=C(c1cccc2ccccc12)C1CNN(C(=O)c2cccc3ccccc23)c2cc(CO)ccc2C1. The highest BCUT2D eigenvalue weighted by atomic mass is 16.3. The molecule has 0 fully saturated rings. The third-order valence-corrected chi connectivity index (χ3v) is 7.18. The molecule has 0 saturated heterocycles. The molecule has 1 heterocycles. The van der Waals surface area contributed by atoms with Crippen molar-refractivity contribution in [2.45, 2.75) is 13.0 Å². The Hall–Kier alpha value is -4.32. The first-order valence-corrected chi connectivity index (χ1v) is 12.4. The number of aliphatic hydroxyl groups is 1. The summed E-state index contributed by atoms with van der Waals surface area (Å²) < 4.78 is 0. The second-order valence-electron chi connectivity index (χ2n) is 9.44. The predicted molar refractivity (Wildman–Crippen MR) is 147 cm³/mol. The zero-order valence-electron chi connectivity index (χ0n) is 20.2. The van der Waals surface area contributed by atoms with Crippen LogP contribution >= 0.6 is 0 Å². The van der Waals surface area contributed by atoms with Crippen LogP contribution in [0.2, 0.25) is 0 Å². The van der Waals surface area contributed by atoms with E-state index in [4.69, 9.17) is 0 Å². The highest BCUT2D eigenvalue weighted by Gasteiger charge is 2.31. The van der Waals surface area contributed by atoms with Crippen LogP contribution in [0.25, 0.3) is 21.5 Å². The zero-order valence-corrected chi connectivity index (χ0v) is 20.2. The molecule has 1 amide bonds. The summed E-state index contributed by atoms with van der Waals surface area (Å²) in [6.07, 6.45) is 0.482. The predicted octanol–water partition coefficient (Wildman–Crippen LogP) is 5.69. The number of benzene rings is 5. The molecule has 0 bridgehead atoms. The second kappa shape index (κ2) is 9.62. The van der Waals surface area contributed by atoms with Gasteiger partial charge in [0.15, 0.2) is 5.78 Å². The minimum absolute atomic E-state index is 0.0425. The third-order valence-electron chi connectivity index (χ3n) is 7.18. The lowest BCUT2D eigenvalue weighted by Crippen LogP contribution is -2.45. The third kappa shape index (κ3) is 4.18. The van der Waals surface area contributed by atoms with Crippen LogP contribution in [0.1, 0.15) is 31.8 Å². The molecule has 5 nitrogen and oxygen atoms in total. The summed E-state index contributed by atoms with van der Waals surface area (Å²) in [7, 11) is 0.